The average molecular weight is 260 g/mol. The van der Waals surface area contributed by atoms with Crippen LogP contribution in [0.5, 0.6) is 0 Å². The molecule has 2 rings (SSSR count). The number of amides is 1. The summed E-state index contributed by atoms with van der Waals surface area (Å²) in [7, 11) is 0. The molecule has 0 bridgehead atoms. The summed E-state index contributed by atoms with van der Waals surface area (Å²) in [5, 5.41) is 0. The van der Waals surface area contributed by atoms with E-state index in [9.17, 15) is 4.79 Å². The maximum atomic E-state index is 12.3. The Labute approximate surface area is 115 Å². The lowest BCUT2D eigenvalue weighted by Gasteiger charge is -2.34. The van der Waals surface area contributed by atoms with Crippen molar-refractivity contribution < 1.29 is 4.79 Å². The summed E-state index contributed by atoms with van der Waals surface area (Å²) in [6, 6.07) is 4.00. The van der Waals surface area contributed by atoms with Gasteiger partial charge in [0.15, 0.2) is 0 Å². The van der Waals surface area contributed by atoms with Crippen molar-refractivity contribution in [1.82, 2.24) is 0 Å². The van der Waals surface area contributed by atoms with E-state index in [0.29, 0.717) is 18.3 Å². The van der Waals surface area contributed by atoms with E-state index in [2.05, 4.69) is 19.9 Å². The number of anilines is 2. The minimum Gasteiger partial charge on any atom is -0.398 e. The van der Waals surface area contributed by atoms with Crippen LogP contribution in [-0.2, 0) is 4.79 Å². The van der Waals surface area contributed by atoms with E-state index >= 15 is 0 Å². The van der Waals surface area contributed by atoms with Crippen molar-refractivity contribution in [3.8, 4) is 0 Å². The molecule has 3 nitrogen and oxygen atoms in total. The highest BCUT2D eigenvalue weighted by atomic mass is 16.2. The average Bonchev–Trinajstić information content (AvgIpc) is 2.34. The summed E-state index contributed by atoms with van der Waals surface area (Å²) in [6.45, 7) is 9.25. The summed E-state index contributed by atoms with van der Waals surface area (Å²) in [4.78, 5) is 14.2. The first-order valence-electron chi connectivity index (χ1n) is 7.07. The van der Waals surface area contributed by atoms with Crippen molar-refractivity contribution in [3.63, 3.8) is 0 Å². The van der Waals surface area contributed by atoms with Crippen LogP contribution in [0.25, 0.3) is 0 Å². The molecule has 1 fully saturated rings. The van der Waals surface area contributed by atoms with Gasteiger partial charge in [0.05, 0.1) is 0 Å². The third kappa shape index (κ3) is 2.75. The second-order valence-corrected chi connectivity index (χ2v) is 6.04. The first kappa shape index (κ1) is 13.9. The topological polar surface area (TPSA) is 46.3 Å². The van der Waals surface area contributed by atoms with Gasteiger partial charge in [-0.15, -0.1) is 0 Å². The van der Waals surface area contributed by atoms with Crippen LogP contribution < -0.4 is 10.6 Å². The highest BCUT2D eigenvalue weighted by Crippen LogP contribution is 2.32. The zero-order valence-electron chi connectivity index (χ0n) is 12.4. The number of aryl methyl sites for hydroxylation is 2. The van der Waals surface area contributed by atoms with Gasteiger partial charge in [0.2, 0.25) is 5.91 Å². The molecule has 1 aromatic rings. The molecule has 0 aromatic heterocycles. The Morgan fingerprint density at radius 3 is 2.53 bits per heavy atom. The second kappa shape index (κ2) is 5.24. The van der Waals surface area contributed by atoms with Crippen LogP contribution in [0.1, 0.15) is 37.8 Å². The number of nitrogens with two attached hydrogens (primary N) is 1. The molecule has 1 atom stereocenters. The SMILES string of the molecule is Cc1cc(C)c(N2CCC(C(C)C)CC2=O)cc1N. The van der Waals surface area contributed by atoms with E-state index in [-0.39, 0.29) is 5.91 Å². The molecule has 1 heterocycles. The number of benzene rings is 1. The number of carbonyl (C=O) groups is 1. The number of rotatable bonds is 2. The minimum absolute atomic E-state index is 0.233. The van der Waals surface area contributed by atoms with Gasteiger partial charge in [-0.1, -0.05) is 19.9 Å². The Morgan fingerprint density at radius 1 is 1.26 bits per heavy atom. The highest BCUT2D eigenvalue weighted by Gasteiger charge is 2.29. The molecule has 1 aliphatic heterocycles. The smallest absolute Gasteiger partial charge is 0.227 e. The maximum absolute atomic E-state index is 12.3. The van der Waals surface area contributed by atoms with Crippen molar-refractivity contribution in [2.24, 2.45) is 11.8 Å². The van der Waals surface area contributed by atoms with Crippen LogP contribution in [0.2, 0.25) is 0 Å². The van der Waals surface area contributed by atoms with Crippen LogP contribution in [0, 0.1) is 25.7 Å². The Balaban J connectivity index is 2.24. The van der Waals surface area contributed by atoms with E-state index in [1.54, 1.807) is 0 Å². The molecule has 0 radical (unpaired) electrons. The molecule has 104 valence electrons. The van der Waals surface area contributed by atoms with E-state index in [0.717, 1.165) is 35.5 Å². The van der Waals surface area contributed by atoms with Crippen molar-refractivity contribution in [2.75, 3.05) is 17.2 Å². The predicted molar refractivity (Wildman–Crippen MR) is 80.2 cm³/mol. The largest absolute Gasteiger partial charge is 0.398 e. The number of hydrogen-bond acceptors (Lipinski definition) is 2. The van der Waals surface area contributed by atoms with Crippen molar-refractivity contribution in [3.05, 3.63) is 23.3 Å². The van der Waals surface area contributed by atoms with E-state index < -0.39 is 0 Å². The minimum atomic E-state index is 0.233. The summed E-state index contributed by atoms with van der Waals surface area (Å²) in [5.41, 5.74) is 9.93. The number of piperidine rings is 1. The van der Waals surface area contributed by atoms with Gasteiger partial charge in [0.1, 0.15) is 0 Å². The fourth-order valence-corrected chi connectivity index (χ4v) is 2.83. The second-order valence-electron chi connectivity index (χ2n) is 6.04. The van der Waals surface area contributed by atoms with Crippen molar-refractivity contribution in [1.29, 1.82) is 0 Å². The molecule has 2 N–H and O–H groups in total. The number of nitrogen functional groups attached to an aromatic ring is 1. The van der Waals surface area contributed by atoms with Gasteiger partial charge in [0.25, 0.3) is 0 Å². The van der Waals surface area contributed by atoms with Gasteiger partial charge in [-0.3, -0.25) is 4.79 Å². The lowest BCUT2D eigenvalue weighted by molar-refractivity contribution is -0.121. The molecular weight excluding hydrogens is 236 g/mol. The van der Waals surface area contributed by atoms with Crippen LogP contribution >= 0.6 is 0 Å². The molecule has 0 spiro atoms. The Bertz CT molecular complexity index is 494. The molecule has 0 saturated carbocycles. The van der Waals surface area contributed by atoms with Gasteiger partial charge in [-0.25, -0.2) is 0 Å². The first-order chi connectivity index (χ1) is 8.90. The molecule has 1 unspecified atom stereocenters. The van der Waals surface area contributed by atoms with Crippen LogP contribution in [0.15, 0.2) is 12.1 Å². The molecule has 1 aliphatic rings. The summed E-state index contributed by atoms with van der Waals surface area (Å²) < 4.78 is 0. The van der Waals surface area contributed by atoms with Gasteiger partial charge in [0, 0.05) is 24.3 Å². The number of hydrogen-bond donors (Lipinski definition) is 1. The van der Waals surface area contributed by atoms with Crippen LogP contribution in [0.3, 0.4) is 0 Å². The van der Waals surface area contributed by atoms with Gasteiger partial charge in [-0.05, 0) is 49.3 Å². The third-order valence-corrected chi connectivity index (χ3v) is 4.28. The van der Waals surface area contributed by atoms with E-state index in [4.69, 9.17) is 5.73 Å². The summed E-state index contributed by atoms with van der Waals surface area (Å²) >= 11 is 0. The van der Waals surface area contributed by atoms with Crippen molar-refractivity contribution in [2.45, 2.75) is 40.5 Å². The lowest BCUT2D eigenvalue weighted by atomic mass is 9.86. The van der Waals surface area contributed by atoms with Crippen LogP contribution in [-0.4, -0.2) is 12.5 Å². The zero-order chi connectivity index (χ0) is 14.2. The molecule has 3 heteroatoms. The van der Waals surface area contributed by atoms with E-state index in [1.165, 1.54) is 0 Å². The Morgan fingerprint density at radius 2 is 1.95 bits per heavy atom. The third-order valence-electron chi connectivity index (χ3n) is 4.28. The Kier molecular flexibility index (Phi) is 3.83. The van der Waals surface area contributed by atoms with Gasteiger partial charge >= 0.3 is 0 Å². The molecule has 1 aromatic carbocycles. The van der Waals surface area contributed by atoms with Gasteiger partial charge < -0.3 is 10.6 Å². The zero-order valence-corrected chi connectivity index (χ0v) is 12.4. The monoisotopic (exact) mass is 260 g/mol. The highest BCUT2D eigenvalue weighted by molar-refractivity contribution is 5.95. The fraction of sp³-hybridized carbons (Fsp3) is 0.562. The predicted octanol–water partition coefficient (Wildman–Crippen LogP) is 3.28. The standard InChI is InChI=1S/C16H24N2O/c1-10(2)13-5-6-18(16(19)8-13)15-9-14(17)11(3)7-12(15)4/h7,9-10,13H,5-6,8,17H2,1-4H3. The maximum Gasteiger partial charge on any atom is 0.227 e. The number of nitrogens with zero attached hydrogens (tertiary/aromatic N) is 1. The molecule has 19 heavy (non-hydrogen) atoms. The van der Waals surface area contributed by atoms with E-state index in [1.807, 2.05) is 24.8 Å². The van der Waals surface area contributed by atoms with Crippen molar-refractivity contribution >= 4 is 17.3 Å². The Hall–Kier alpha value is -1.51. The molecule has 1 amide bonds. The molecule has 0 aliphatic carbocycles. The molecular formula is C16H24N2O. The fourth-order valence-electron chi connectivity index (χ4n) is 2.83. The summed E-state index contributed by atoms with van der Waals surface area (Å²) in [6.07, 6.45) is 1.74. The van der Waals surface area contributed by atoms with Gasteiger partial charge in [-0.2, -0.15) is 0 Å². The quantitative estimate of drug-likeness (QED) is 0.829. The normalized spacial score (nSPS) is 20.2. The first-order valence-corrected chi connectivity index (χ1v) is 7.07. The molecule has 1 saturated heterocycles. The lowest BCUT2D eigenvalue weighted by Crippen LogP contribution is -2.40. The number of carbonyl (C=O) groups excluding carboxylic acids is 1. The van der Waals surface area contributed by atoms with Crippen LogP contribution in [0.4, 0.5) is 11.4 Å². The summed E-state index contributed by atoms with van der Waals surface area (Å²) in [5.74, 6) is 1.33.